The van der Waals surface area contributed by atoms with E-state index in [1.165, 1.54) is 0 Å². The molecule has 0 aliphatic carbocycles. The molecule has 2 fully saturated rings. The van der Waals surface area contributed by atoms with Crippen molar-refractivity contribution in [3.8, 4) is 11.3 Å². The number of hydrogen-bond donors (Lipinski definition) is 0. The molecule has 7 heteroatoms. The molecule has 0 radical (unpaired) electrons. The van der Waals surface area contributed by atoms with Crippen molar-refractivity contribution < 1.29 is 18.8 Å². The zero-order valence-corrected chi connectivity index (χ0v) is 18.4. The molecule has 1 atom stereocenters. The van der Waals surface area contributed by atoms with Crippen LogP contribution < -0.4 is 0 Å². The lowest BCUT2D eigenvalue weighted by molar-refractivity contribution is -0.144. The first-order valence-electron chi connectivity index (χ1n) is 11.2. The van der Waals surface area contributed by atoms with Gasteiger partial charge in [0, 0.05) is 57.8 Å². The first-order chi connectivity index (χ1) is 15.0. The molecular weight excluding hydrogens is 394 g/mol. The lowest BCUT2D eigenvalue weighted by atomic mass is 9.80. The van der Waals surface area contributed by atoms with Crippen LogP contribution in [0.4, 0.5) is 0 Å². The van der Waals surface area contributed by atoms with Crippen LogP contribution in [-0.2, 0) is 20.7 Å². The van der Waals surface area contributed by atoms with E-state index in [1.807, 2.05) is 48.2 Å². The summed E-state index contributed by atoms with van der Waals surface area (Å²) in [6, 6.07) is 11.8. The number of rotatable bonds is 6. The number of ether oxygens (including phenoxy) is 1. The Balaban J connectivity index is 1.53. The molecule has 31 heavy (non-hydrogen) atoms. The molecule has 0 spiro atoms. The van der Waals surface area contributed by atoms with Crippen molar-refractivity contribution >= 4 is 11.8 Å². The molecule has 4 rings (SSSR count). The molecular formula is C24H31N3O4. The summed E-state index contributed by atoms with van der Waals surface area (Å²) < 4.78 is 11.4. The van der Waals surface area contributed by atoms with Gasteiger partial charge in [-0.1, -0.05) is 35.5 Å². The van der Waals surface area contributed by atoms with Gasteiger partial charge in [-0.05, 0) is 26.2 Å². The van der Waals surface area contributed by atoms with Gasteiger partial charge in [0.25, 0.3) is 0 Å². The van der Waals surface area contributed by atoms with Crippen LogP contribution in [0.25, 0.3) is 11.3 Å². The summed E-state index contributed by atoms with van der Waals surface area (Å²) in [4.78, 5) is 29.5. The minimum absolute atomic E-state index is 0.00673. The molecule has 1 aromatic carbocycles. The third-order valence-corrected chi connectivity index (χ3v) is 6.53. The van der Waals surface area contributed by atoms with Gasteiger partial charge in [-0.3, -0.25) is 9.59 Å². The van der Waals surface area contributed by atoms with Crippen LogP contribution in [-0.4, -0.2) is 65.7 Å². The van der Waals surface area contributed by atoms with Gasteiger partial charge in [0.05, 0.1) is 11.5 Å². The fraction of sp³-hybridized carbons (Fsp3) is 0.542. The molecule has 2 saturated heterocycles. The predicted octanol–water partition coefficient (Wildman–Crippen LogP) is 3.15. The van der Waals surface area contributed by atoms with Gasteiger partial charge in [0.2, 0.25) is 11.8 Å². The van der Waals surface area contributed by atoms with Gasteiger partial charge >= 0.3 is 0 Å². The summed E-state index contributed by atoms with van der Waals surface area (Å²) >= 11 is 0. The van der Waals surface area contributed by atoms with E-state index < -0.39 is 5.41 Å². The number of amides is 2. The molecule has 0 N–H and O–H groups in total. The van der Waals surface area contributed by atoms with Crippen LogP contribution in [0.15, 0.2) is 40.9 Å². The highest BCUT2D eigenvalue weighted by Gasteiger charge is 2.48. The standard InChI is InChI=1S/C24H31N3O4/c1-3-30-20-9-12-26(13-10-20)23(29)24(11-14-27(17-24)18(2)28)16-21-15-22(25-31-21)19-7-5-4-6-8-19/h4-8,15,20H,3,9-14,16-17H2,1-2H3. The molecule has 166 valence electrons. The number of carbonyl (C=O) groups excluding carboxylic acids is 2. The third kappa shape index (κ3) is 4.66. The molecule has 2 aliphatic rings. The van der Waals surface area contributed by atoms with E-state index in [2.05, 4.69) is 5.16 Å². The van der Waals surface area contributed by atoms with Gasteiger partial charge in [0.15, 0.2) is 0 Å². The van der Waals surface area contributed by atoms with Gasteiger partial charge in [-0.25, -0.2) is 0 Å². The van der Waals surface area contributed by atoms with Crippen molar-refractivity contribution in [3.63, 3.8) is 0 Å². The van der Waals surface area contributed by atoms with Gasteiger partial charge < -0.3 is 19.1 Å². The number of aromatic nitrogens is 1. The Kier molecular flexibility index (Phi) is 6.41. The maximum Gasteiger partial charge on any atom is 0.231 e. The highest BCUT2D eigenvalue weighted by Crippen LogP contribution is 2.38. The molecule has 0 bridgehead atoms. The van der Waals surface area contributed by atoms with Gasteiger partial charge in [-0.2, -0.15) is 0 Å². The smallest absolute Gasteiger partial charge is 0.231 e. The largest absolute Gasteiger partial charge is 0.378 e. The summed E-state index contributed by atoms with van der Waals surface area (Å²) in [7, 11) is 0. The molecule has 7 nitrogen and oxygen atoms in total. The van der Waals surface area contributed by atoms with Gasteiger partial charge in [-0.15, -0.1) is 0 Å². The Bertz CT molecular complexity index is 905. The Morgan fingerprint density at radius 1 is 1.16 bits per heavy atom. The third-order valence-electron chi connectivity index (χ3n) is 6.53. The van der Waals surface area contributed by atoms with E-state index in [0.29, 0.717) is 51.4 Å². The number of nitrogens with zero attached hydrogens (tertiary/aromatic N) is 3. The molecule has 2 amide bonds. The second-order valence-corrected chi connectivity index (χ2v) is 8.64. The van der Waals surface area contributed by atoms with Crippen molar-refractivity contribution in [2.45, 2.75) is 45.6 Å². The maximum atomic E-state index is 13.7. The topological polar surface area (TPSA) is 75.9 Å². The van der Waals surface area contributed by atoms with E-state index >= 15 is 0 Å². The van der Waals surface area contributed by atoms with E-state index in [9.17, 15) is 9.59 Å². The Morgan fingerprint density at radius 2 is 1.90 bits per heavy atom. The first kappa shape index (κ1) is 21.6. The zero-order valence-electron chi connectivity index (χ0n) is 18.4. The van der Waals surface area contributed by atoms with E-state index in [4.69, 9.17) is 9.26 Å². The van der Waals surface area contributed by atoms with E-state index in [-0.39, 0.29) is 17.9 Å². The Morgan fingerprint density at radius 3 is 2.55 bits per heavy atom. The van der Waals surface area contributed by atoms with Crippen LogP contribution >= 0.6 is 0 Å². The zero-order chi connectivity index (χ0) is 21.8. The fourth-order valence-electron chi connectivity index (χ4n) is 4.81. The lowest BCUT2D eigenvalue weighted by Crippen LogP contribution is -2.50. The fourth-order valence-corrected chi connectivity index (χ4v) is 4.81. The van der Waals surface area contributed by atoms with Crippen molar-refractivity contribution in [3.05, 3.63) is 42.2 Å². The van der Waals surface area contributed by atoms with Crippen molar-refractivity contribution in [2.24, 2.45) is 5.41 Å². The summed E-state index contributed by atoms with van der Waals surface area (Å²) in [6.45, 7) is 6.67. The van der Waals surface area contributed by atoms with E-state index in [1.54, 1.807) is 11.8 Å². The Hall–Kier alpha value is -2.67. The Labute approximate surface area is 183 Å². The molecule has 2 aliphatic heterocycles. The number of carbonyl (C=O) groups is 2. The number of piperidine rings is 1. The van der Waals surface area contributed by atoms with Crippen LogP contribution in [0.1, 0.15) is 38.9 Å². The molecule has 1 unspecified atom stereocenters. The van der Waals surface area contributed by atoms with Crippen LogP contribution in [0.5, 0.6) is 0 Å². The second-order valence-electron chi connectivity index (χ2n) is 8.64. The van der Waals surface area contributed by atoms with Gasteiger partial charge in [0.1, 0.15) is 11.5 Å². The van der Waals surface area contributed by atoms with E-state index in [0.717, 1.165) is 24.1 Å². The normalized spacial score (nSPS) is 22.1. The summed E-state index contributed by atoms with van der Waals surface area (Å²) in [5.41, 5.74) is 1.07. The van der Waals surface area contributed by atoms with Crippen molar-refractivity contribution in [2.75, 3.05) is 32.8 Å². The molecule has 2 aromatic rings. The minimum Gasteiger partial charge on any atom is -0.378 e. The maximum absolute atomic E-state index is 13.7. The molecule has 3 heterocycles. The second kappa shape index (κ2) is 9.22. The number of hydrogen-bond acceptors (Lipinski definition) is 5. The number of benzene rings is 1. The van der Waals surface area contributed by atoms with Crippen LogP contribution in [0, 0.1) is 5.41 Å². The monoisotopic (exact) mass is 425 g/mol. The highest BCUT2D eigenvalue weighted by atomic mass is 16.5. The number of likely N-dealkylation sites (tertiary alicyclic amines) is 2. The summed E-state index contributed by atoms with van der Waals surface area (Å²) in [5, 5.41) is 4.22. The van der Waals surface area contributed by atoms with Crippen LogP contribution in [0.2, 0.25) is 0 Å². The highest BCUT2D eigenvalue weighted by molar-refractivity contribution is 5.85. The first-order valence-corrected chi connectivity index (χ1v) is 11.2. The molecule has 0 saturated carbocycles. The van der Waals surface area contributed by atoms with Crippen LogP contribution in [0.3, 0.4) is 0 Å². The minimum atomic E-state index is -0.669. The average molecular weight is 426 g/mol. The predicted molar refractivity (Wildman–Crippen MR) is 116 cm³/mol. The summed E-state index contributed by atoms with van der Waals surface area (Å²) in [6.07, 6.45) is 3.02. The lowest BCUT2D eigenvalue weighted by Gasteiger charge is -2.38. The van der Waals surface area contributed by atoms with Crippen molar-refractivity contribution in [1.29, 1.82) is 0 Å². The quantitative estimate of drug-likeness (QED) is 0.711. The SMILES string of the molecule is CCOC1CCN(C(=O)C2(Cc3cc(-c4ccccc4)no3)CCN(C(C)=O)C2)CC1. The van der Waals surface area contributed by atoms with Crippen molar-refractivity contribution in [1.82, 2.24) is 15.0 Å². The summed E-state index contributed by atoms with van der Waals surface area (Å²) in [5.74, 6) is 0.804. The molecule has 1 aromatic heterocycles. The average Bonchev–Trinajstić information content (AvgIpc) is 3.43.